The molecular formula is C28H28N4O2. The molecule has 0 unspecified atom stereocenters. The third-order valence-corrected chi connectivity index (χ3v) is 6.38. The second-order valence-corrected chi connectivity index (χ2v) is 8.84. The topological polar surface area (TPSA) is 55.9 Å². The molecule has 2 aliphatic rings. The summed E-state index contributed by atoms with van der Waals surface area (Å²) in [6.07, 6.45) is 2.39. The summed E-state index contributed by atoms with van der Waals surface area (Å²) in [5.41, 5.74) is 4.88. The van der Waals surface area contributed by atoms with Gasteiger partial charge in [-0.2, -0.15) is 0 Å². The Morgan fingerprint density at radius 1 is 0.735 bits per heavy atom. The molecule has 2 amide bonds. The molecule has 1 N–H and O–H groups in total. The number of anilines is 4. The van der Waals surface area contributed by atoms with Gasteiger partial charge >= 0.3 is 0 Å². The summed E-state index contributed by atoms with van der Waals surface area (Å²) in [5.74, 6) is -0.674. The van der Waals surface area contributed by atoms with Gasteiger partial charge < -0.3 is 15.1 Å². The molecular weight excluding hydrogens is 424 g/mol. The molecule has 3 aromatic carbocycles. The van der Waals surface area contributed by atoms with Crippen LogP contribution in [0, 0.1) is 0 Å². The van der Waals surface area contributed by atoms with Gasteiger partial charge in [0.05, 0.1) is 11.3 Å². The Morgan fingerprint density at radius 3 is 1.97 bits per heavy atom. The molecule has 2 heterocycles. The number of hydrogen-bond acceptors (Lipinski definition) is 5. The molecule has 6 nitrogen and oxygen atoms in total. The van der Waals surface area contributed by atoms with Crippen LogP contribution in [0.4, 0.5) is 22.7 Å². The zero-order valence-electron chi connectivity index (χ0n) is 19.5. The molecule has 0 atom stereocenters. The molecule has 34 heavy (non-hydrogen) atoms. The van der Waals surface area contributed by atoms with Gasteiger partial charge in [-0.25, -0.2) is 4.90 Å². The van der Waals surface area contributed by atoms with Crippen LogP contribution in [0.25, 0.3) is 5.57 Å². The van der Waals surface area contributed by atoms with Crippen molar-refractivity contribution in [2.24, 2.45) is 0 Å². The van der Waals surface area contributed by atoms with E-state index in [2.05, 4.69) is 10.2 Å². The Bertz CT molecular complexity index is 1230. The van der Waals surface area contributed by atoms with E-state index in [0.29, 0.717) is 16.8 Å². The first-order valence-electron chi connectivity index (χ1n) is 11.6. The molecule has 172 valence electrons. The van der Waals surface area contributed by atoms with Gasteiger partial charge in [0.2, 0.25) is 0 Å². The molecule has 0 saturated carbocycles. The maximum atomic E-state index is 13.6. The third-order valence-electron chi connectivity index (χ3n) is 6.38. The van der Waals surface area contributed by atoms with Crippen LogP contribution in [0.5, 0.6) is 0 Å². The van der Waals surface area contributed by atoms with E-state index >= 15 is 0 Å². The van der Waals surface area contributed by atoms with Gasteiger partial charge in [-0.3, -0.25) is 9.59 Å². The predicted molar refractivity (Wildman–Crippen MR) is 138 cm³/mol. The highest BCUT2D eigenvalue weighted by atomic mass is 16.2. The van der Waals surface area contributed by atoms with E-state index in [1.165, 1.54) is 17.7 Å². The average Bonchev–Trinajstić information content (AvgIpc) is 3.47. The summed E-state index contributed by atoms with van der Waals surface area (Å²) in [5, 5.41) is 3.23. The molecule has 0 spiro atoms. The fourth-order valence-corrected chi connectivity index (χ4v) is 4.53. The van der Waals surface area contributed by atoms with Crippen molar-refractivity contribution < 1.29 is 9.59 Å². The minimum Gasteiger partial charge on any atom is -0.378 e. The fourth-order valence-electron chi connectivity index (χ4n) is 4.53. The Balaban J connectivity index is 1.49. The van der Waals surface area contributed by atoms with E-state index in [1.807, 2.05) is 97.9 Å². The summed E-state index contributed by atoms with van der Waals surface area (Å²) in [4.78, 5) is 32.8. The lowest BCUT2D eigenvalue weighted by Crippen LogP contribution is -2.32. The summed E-state index contributed by atoms with van der Waals surface area (Å²) < 4.78 is 0. The van der Waals surface area contributed by atoms with Gasteiger partial charge in [0.1, 0.15) is 5.70 Å². The first-order valence-corrected chi connectivity index (χ1v) is 11.6. The molecule has 0 bridgehead atoms. The van der Waals surface area contributed by atoms with Gasteiger partial charge in [-0.1, -0.05) is 30.3 Å². The molecule has 0 radical (unpaired) electrons. The molecule has 0 aromatic heterocycles. The highest BCUT2D eigenvalue weighted by molar-refractivity contribution is 6.46. The maximum absolute atomic E-state index is 13.6. The number of rotatable bonds is 6. The third kappa shape index (κ3) is 4.03. The monoisotopic (exact) mass is 452 g/mol. The number of carbonyl (C=O) groups is 2. The van der Waals surface area contributed by atoms with Crippen LogP contribution >= 0.6 is 0 Å². The molecule has 1 saturated heterocycles. The smallest absolute Gasteiger partial charge is 0.282 e. The minimum absolute atomic E-state index is 0.289. The minimum atomic E-state index is -0.352. The second kappa shape index (κ2) is 9.06. The molecule has 0 aliphatic carbocycles. The lowest BCUT2D eigenvalue weighted by molar-refractivity contribution is -0.120. The summed E-state index contributed by atoms with van der Waals surface area (Å²) >= 11 is 0. The van der Waals surface area contributed by atoms with Crippen LogP contribution in [0.2, 0.25) is 0 Å². The second-order valence-electron chi connectivity index (χ2n) is 8.84. The van der Waals surface area contributed by atoms with Crippen molar-refractivity contribution in [2.75, 3.05) is 47.2 Å². The zero-order chi connectivity index (χ0) is 23.7. The van der Waals surface area contributed by atoms with Crippen molar-refractivity contribution in [3.63, 3.8) is 0 Å². The van der Waals surface area contributed by atoms with Gasteiger partial charge in [0.25, 0.3) is 11.8 Å². The Kier molecular flexibility index (Phi) is 5.80. The Hall–Kier alpha value is -4.06. The van der Waals surface area contributed by atoms with E-state index < -0.39 is 0 Å². The van der Waals surface area contributed by atoms with Crippen molar-refractivity contribution in [3.8, 4) is 0 Å². The molecule has 2 aliphatic heterocycles. The van der Waals surface area contributed by atoms with E-state index in [0.717, 1.165) is 30.2 Å². The highest BCUT2D eigenvalue weighted by Crippen LogP contribution is 2.35. The van der Waals surface area contributed by atoms with Gasteiger partial charge in [-0.05, 0) is 66.9 Å². The maximum Gasteiger partial charge on any atom is 0.282 e. The van der Waals surface area contributed by atoms with Crippen LogP contribution in [-0.2, 0) is 9.59 Å². The van der Waals surface area contributed by atoms with E-state index in [4.69, 9.17) is 0 Å². The number of amides is 2. The number of carbonyl (C=O) groups excluding carboxylic acids is 2. The lowest BCUT2D eigenvalue weighted by atomic mass is 10.0. The standard InChI is InChI=1S/C28H28N4O2/c1-30(2)22-12-10-21(11-13-22)29-26-25(20-8-4-3-5-9-20)27(33)32(28(26)34)24-16-14-23(15-17-24)31-18-6-7-19-31/h3-5,8-17,29H,6-7,18-19H2,1-2H3. The van der Waals surface area contributed by atoms with Crippen molar-refractivity contribution >= 4 is 40.1 Å². The Labute approximate surface area is 200 Å². The number of nitrogens with zero attached hydrogens (tertiary/aromatic N) is 3. The summed E-state index contributed by atoms with van der Waals surface area (Å²) in [7, 11) is 3.95. The number of benzene rings is 3. The normalized spacial score (nSPS) is 15.9. The quantitative estimate of drug-likeness (QED) is 0.547. The van der Waals surface area contributed by atoms with Gasteiger partial charge in [0.15, 0.2) is 0 Å². The van der Waals surface area contributed by atoms with Gasteiger partial charge in [-0.15, -0.1) is 0 Å². The summed E-state index contributed by atoms with van der Waals surface area (Å²) in [6.45, 7) is 2.09. The van der Waals surface area contributed by atoms with Crippen LogP contribution in [0.15, 0.2) is 84.6 Å². The fraction of sp³-hybridized carbons (Fsp3) is 0.214. The Morgan fingerprint density at radius 2 is 1.35 bits per heavy atom. The van der Waals surface area contributed by atoms with Crippen molar-refractivity contribution in [1.82, 2.24) is 0 Å². The van der Waals surface area contributed by atoms with Crippen molar-refractivity contribution in [3.05, 3.63) is 90.1 Å². The number of nitrogens with one attached hydrogen (secondary N) is 1. The van der Waals surface area contributed by atoms with E-state index in [-0.39, 0.29) is 17.5 Å². The first-order chi connectivity index (χ1) is 16.5. The SMILES string of the molecule is CN(C)c1ccc(NC2=C(c3ccccc3)C(=O)N(c3ccc(N4CCCC4)cc3)C2=O)cc1. The van der Waals surface area contributed by atoms with Gasteiger partial charge in [0, 0.05) is 44.2 Å². The van der Waals surface area contributed by atoms with E-state index in [1.54, 1.807) is 0 Å². The summed E-state index contributed by atoms with van der Waals surface area (Å²) in [6, 6.07) is 24.8. The van der Waals surface area contributed by atoms with Crippen molar-refractivity contribution in [1.29, 1.82) is 0 Å². The molecule has 6 heteroatoms. The first kappa shape index (κ1) is 21.8. The average molecular weight is 453 g/mol. The highest BCUT2D eigenvalue weighted by Gasteiger charge is 2.40. The molecule has 3 aromatic rings. The largest absolute Gasteiger partial charge is 0.378 e. The lowest BCUT2D eigenvalue weighted by Gasteiger charge is -2.20. The predicted octanol–water partition coefficient (Wildman–Crippen LogP) is 4.75. The van der Waals surface area contributed by atoms with E-state index in [9.17, 15) is 9.59 Å². The zero-order valence-corrected chi connectivity index (χ0v) is 19.5. The van der Waals surface area contributed by atoms with Crippen molar-refractivity contribution in [2.45, 2.75) is 12.8 Å². The van der Waals surface area contributed by atoms with Crippen LogP contribution in [0.3, 0.4) is 0 Å². The molecule has 5 rings (SSSR count). The van der Waals surface area contributed by atoms with Crippen LogP contribution in [0.1, 0.15) is 18.4 Å². The van der Waals surface area contributed by atoms with Crippen LogP contribution < -0.4 is 20.0 Å². The number of imide groups is 1. The number of hydrogen-bond donors (Lipinski definition) is 1. The molecule has 1 fully saturated rings. The van der Waals surface area contributed by atoms with Crippen LogP contribution in [-0.4, -0.2) is 39.0 Å².